The molecule has 0 unspecified atom stereocenters. The van der Waals surface area contributed by atoms with Crippen LogP contribution in [0.25, 0.3) is 0 Å². The van der Waals surface area contributed by atoms with Gasteiger partial charge in [0.1, 0.15) is 0 Å². The van der Waals surface area contributed by atoms with Gasteiger partial charge in [0.25, 0.3) is 0 Å². The molecule has 2 N–H and O–H groups in total. The molecule has 19 heavy (non-hydrogen) atoms. The van der Waals surface area contributed by atoms with E-state index in [4.69, 9.17) is 9.15 Å². The van der Waals surface area contributed by atoms with E-state index in [1.807, 2.05) is 24.3 Å². The van der Waals surface area contributed by atoms with Crippen LogP contribution >= 0.6 is 15.9 Å². The first-order valence-corrected chi connectivity index (χ1v) is 6.62. The van der Waals surface area contributed by atoms with E-state index in [1.54, 1.807) is 7.11 Å². The fourth-order valence-corrected chi connectivity index (χ4v) is 1.67. The summed E-state index contributed by atoms with van der Waals surface area (Å²) in [7, 11) is 1.66. The van der Waals surface area contributed by atoms with Gasteiger partial charge in [0.15, 0.2) is 0 Å². The molecule has 7 heteroatoms. The zero-order valence-corrected chi connectivity index (χ0v) is 12.1. The number of nitrogens with one attached hydrogen (secondary N) is 2. The average molecular weight is 327 g/mol. The highest BCUT2D eigenvalue weighted by Gasteiger charge is 2.05. The first kappa shape index (κ1) is 14.0. The fraction of sp³-hybridized carbons (Fsp3) is 0.333. The lowest BCUT2D eigenvalue weighted by molar-refractivity contribution is 0.198. The highest BCUT2D eigenvalue weighted by atomic mass is 79.9. The molecule has 0 spiro atoms. The Hall–Kier alpha value is -1.44. The van der Waals surface area contributed by atoms with Crippen molar-refractivity contribution >= 4 is 27.6 Å². The van der Waals surface area contributed by atoms with Crippen molar-refractivity contribution in [2.75, 3.05) is 25.6 Å². The van der Waals surface area contributed by atoms with Gasteiger partial charge in [0, 0.05) is 23.8 Å². The Morgan fingerprint density at radius 2 is 2.05 bits per heavy atom. The lowest BCUT2D eigenvalue weighted by Crippen LogP contribution is -2.18. The van der Waals surface area contributed by atoms with E-state index in [0.29, 0.717) is 25.1 Å². The summed E-state index contributed by atoms with van der Waals surface area (Å²) < 4.78 is 11.4. The number of halogens is 1. The number of hydrogen-bond acceptors (Lipinski definition) is 6. The number of hydrogen-bond donors (Lipinski definition) is 2. The van der Waals surface area contributed by atoms with Gasteiger partial charge in [0.2, 0.25) is 5.89 Å². The van der Waals surface area contributed by atoms with Crippen LogP contribution in [-0.4, -0.2) is 30.5 Å². The molecule has 0 atom stereocenters. The third-order valence-corrected chi connectivity index (χ3v) is 2.85. The van der Waals surface area contributed by atoms with Crippen LogP contribution in [0.2, 0.25) is 0 Å². The van der Waals surface area contributed by atoms with Crippen molar-refractivity contribution in [2.45, 2.75) is 6.54 Å². The van der Waals surface area contributed by atoms with Crippen LogP contribution in [0.1, 0.15) is 5.89 Å². The van der Waals surface area contributed by atoms with Crippen molar-refractivity contribution in [1.82, 2.24) is 15.5 Å². The molecule has 0 amide bonds. The van der Waals surface area contributed by atoms with E-state index >= 15 is 0 Å². The lowest BCUT2D eigenvalue weighted by Gasteiger charge is -2.01. The van der Waals surface area contributed by atoms with Crippen LogP contribution in [0.3, 0.4) is 0 Å². The molecule has 0 bridgehead atoms. The quantitative estimate of drug-likeness (QED) is 0.761. The highest BCUT2D eigenvalue weighted by Crippen LogP contribution is 2.18. The Balaban J connectivity index is 1.85. The van der Waals surface area contributed by atoms with E-state index in [-0.39, 0.29) is 0 Å². The number of anilines is 2. The van der Waals surface area contributed by atoms with E-state index < -0.39 is 0 Å². The van der Waals surface area contributed by atoms with Gasteiger partial charge in [0.05, 0.1) is 13.2 Å². The minimum absolute atomic E-state index is 0.380. The van der Waals surface area contributed by atoms with Gasteiger partial charge >= 0.3 is 6.01 Å². The maximum atomic E-state index is 5.45. The van der Waals surface area contributed by atoms with Crippen LogP contribution in [0.15, 0.2) is 33.2 Å². The Morgan fingerprint density at radius 1 is 1.26 bits per heavy atom. The predicted molar refractivity (Wildman–Crippen MR) is 75.3 cm³/mol. The topological polar surface area (TPSA) is 72.2 Å². The molecular weight excluding hydrogens is 312 g/mol. The summed E-state index contributed by atoms with van der Waals surface area (Å²) in [6.07, 6.45) is 0. The molecule has 0 saturated carbocycles. The summed E-state index contributed by atoms with van der Waals surface area (Å²) in [6, 6.07) is 8.10. The fourth-order valence-electron chi connectivity index (χ4n) is 1.40. The predicted octanol–water partition coefficient (Wildman–Crippen LogP) is 2.31. The molecule has 1 aromatic carbocycles. The standard InChI is InChI=1S/C12H15BrN4O2/c1-18-7-6-14-8-11-16-17-12(19-11)15-10-4-2-9(13)3-5-10/h2-5,14H,6-8H2,1H3,(H,15,17). The number of rotatable bonds is 7. The molecule has 0 fully saturated rings. The molecule has 0 aliphatic heterocycles. The molecule has 2 rings (SSSR count). The van der Waals surface area contributed by atoms with Crippen molar-refractivity contribution in [3.63, 3.8) is 0 Å². The molecule has 0 aliphatic rings. The summed E-state index contributed by atoms with van der Waals surface area (Å²) in [4.78, 5) is 0. The molecular formula is C12H15BrN4O2. The maximum Gasteiger partial charge on any atom is 0.320 e. The number of ether oxygens (including phenoxy) is 1. The van der Waals surface area contributed by atoms with Gasteiger partial charge in [-0.1, -0.05) is 21.0 Å². The zero-order chi connectivity index (χ0) is 13.5. The average Bonchev–Trinajstić information content (AvgIpc) is 2.85. The van der Waals surface area contributed by atoms with Gasteiger partial charge in [-0.05, 0) is 24.3 Å². The zero-order valence-electron chi connectivity index (χ0n) is 10.5. The van der Waals surface area contributed by atoms with E-state index in [1.165, 1.54) is 0 Å². The van der Waals surface area contributed by atoms with Gasteiger partial charge in [-0.3, -0.25) is 0 Å². The van der Waals surface area contributed by atoms with E-state index in [2.05, 4.69) is 36.8 Å². The maximum absolute atomic E-state index is 5.45. The van der Waals surface area contributed by atoms with Crippen molar-refractivity contribution in [2.24, 2.45) is 0 Å². The minimum atomic E-state index is 0.380. The molecule has 2 aromatic rings. The second-order valence-electron chi connectivity index (χ2n) is 3.80. The van der Waals surface area contributed by atoms with Crippen molar-refractivity contribution in [1.29, 1.82) is 0 Å². The first-order chi connectivity index (χ1) is 9.28. The molecule has 1 heterocycles. The van der Waals surface area contributed by atoms with Crippen molar-refractivity contribution in [3.05, 3.63) is 34.6 Å². The second kappa shape index (κ2) is 7.22. The molecule has 1 aromatic heterocycles. The number of nitrogens with zero attached hydrogens (tertiary/aromatic N) is 2. The largest absolute Gasteiger partial charge is 0.406 e. The SMILES string of the molecule is COCCNCc1nnc(Nc2ccc(Br)cc2)o1. The number of methoxy groups -OCH3 is 1. The number of benzene rings is 1. The van der Waals surface area contributed by atoms with Crippen LogP contribution in [-0.2, 0) is 11.3 Å². The summed E-state index contributed by atoms with van der Waals surface area (Å²) in [5.41, 5.74) is 0.894. The molecule has 6 nitrogen and oxygen atoms in total. The molecule has 102 valence electrons. The molecule has 0 saturated heterocycles. The van der Waals surface area contributed by atoms with Crippen LogP contribution in [0, 0.1) is 0 Å². The molecule has 0 aliphatic carbocycles. The lowest BCUT2D eigenvalue weighted by atomic mass is 10.3. The summed E-state index contributed by atoms with van der Waals surface area (Å²) in [5.74, 6) is 0.538. The van der Waals surface area contributed by atoms with Gasteiger partial charge in [-0.25, -0.2) is 0 Å². The summed E-state index contributed by atoms with van der Waals surface area (Å²) in [5, 5.41) is 14.0. The van der Waals surface area contributed by atoms with Crippen LogP contribution in [0.4, 0.5) is 11.7 Å². The van der Waals surface area contributed by atoms with Gasteiger partial charge in [-0.15, -0.1) is 5.10 Å². The second-order valence-corrected chi connectivity index (χ2v) is 4.72. The number of aromatic nitrogens is 2. The van der Waals surface area contributed by atoms with Crippen molar-refractivity contribution in [3.8, 4) is 0 Å². The third-order valence-electron chi connectivity index (χ3n) is 2.32. The summed E-state index contributed by atoms with van der Waals surface area (Å²) >= 11 is 3.38. The van der Waals surface area contributed by atoms with Gasteiger partial charge < -0.3 is 19.8 Å². The smallest absolute Gasteiger partial charge is 0.320 e. The van der Waals surface area contributed by atoms with Crippen molar-refractivity contribution < 1.29 is 9.15 Å². The monoisotopic (exact) mass is 326 g/mol. The summed E-state index contributed by atoms with van der Waals surface area (Å²) in [6.45, 7) is 1.92. The third kappa shape index (κ3) is 4.62. The Bertz CT molecular complexity index is 501. The first-order valence-electron chi connectivity index (χ1n) is 5.82. The van der Waals surface area contributed by atoms with Gasteiger partial charge in [-0.2, -0.15) is 0 Å². The van der Waals surface area contributed by atoms with E-state index in [0.717, 1.165) is 16.7 Å². The van der Waals surface area contributed by atoms with E-state index in [9.17, 15) is 0 Å². The van der Waals surface area contributed by atoms with Crippen LogP contribution in [0.5, 0.6) is 0 Å². The minimum Gasteiger partial charge on any atom is -0.406 e. The Labute approximate surface area is 119 Å². The Morgan fingerprint density at radius 3 is 2.79 bits per heavy atom. The highest BCUT2D eigenvalue weighted by molar-refractivity contribution is 9.10. The van der Waals surface area contributed by atoms with Crippen LogP contribution < -0.4 is 10.6 Å². The molecule has 0 radical (unpaired) electrons. The Kier molecular flexibility index (Phi) is 5.31. The normalized spacial score (nSPS) is 10.6.